The monoisotopic (exact) mass is 473 g/mol. The first-order valence-corrected chi connectivity index (χ1v) is 13.6. The lowest BCUT2D eigenvalue weighted by Gasteiger charge is -2.46. The van der Waals surface area contributed by atoms with Crippen LogP contribution in [0.3, 0.4) is 0 Å². The summed E-state index contributed by atoms with van der Waals surface area (Å²) in [4.78, 5) is 19.4. The van der Waals surface area contributed by atoms with Gasteiger partial charge >= 0.3 is 0 Å². The van der Waals surface area contributed by atoms with Crippen LogP contribution in [0.2, 0.25) is 0 Å². The maximum absolute atomic E-state index is 4.99. The van der Waals surface area contributed by atoms with Gasteiger partial charge in [0.2, 0.25) is 17.8 Å². The van der Waals surface area contributed by atoms with Crippen LogP contribution in [0.1, 0.15) is 107 Å². The fourth-order valence-electron chi connectivity index (χ4n) is 5.03. The molecule has 0 spiro atoms. The molecule has 0 amide bonds. The van der Waals surface area contributed by atoms with Crippen molar-refractivity contribution in [3.63, 3.8) is 0 Å². The number of hydrogen-bond acceptors (Lipinski definition) is 7. The van der Waals surface area contributed by atoms with E-state index in [4.69, 9.17) is 15.0 Å². The molecule has 2 heterocycles. The van der Waals surface area contributed by atoms with Crippen molar-refractivity contribution in [1.82, 2.24) is 20.3 Å². The van der Waals surface area contributed by atoms with Gasteiger partial charge in [0.1, 0.15) is 0 Å². The zero-order chi connectivity index (χ0) is 25.2. The van der Waals surface area contributed by atoms with Crippen molar-refractivity contribution in [1.29, 1.82) is 0 Å². The highest BCUT2D eigenvalue weighted by molar-refractivity contribution is 5.47. The van der Waals surface area contributed by atoms with Gasteiger partial charge in [0.25, 0.3) is 0 Å². The van der Waals surface area contributed by atoms with Crippen molar-refractivity contribution >= 4 is 17.8 Å². The highest BCUT2D eigenvalue weighted by Crippen LogP contribution is 2.30. The Bertz CT molecular complexity index is 743. The van der Waals surface area contributed by atoms with Crippen LogP contribution in [0, 0.1) is 0 Å². The number of anilines is 3. The number of hydrogen-bond donors (Lipinski definition) is 2. The molecule has 194 valence electrons. The molecule has 2 N–H and O–H groups in total. The van der Waals surface area contributed by atoms with Crippen molar-refractivity contribution in [2.24, 2.45) is 0 Å². The van der Waals surface area contributed by atoms with Crippen LogP contribution in [0.4, 0.5) is 17.8 Å². The summed E-state index contributed by atoms with van der Waals surface area (Å²) in [6.45, 7) is 20.8. The molecule has 1 aromatic heterocycles. The second-order valence-electron chi connectivity index (χ2n) is 11.1. The molecule has 1 aliphatic heterocycles. The molecule has 2 rings (SSSR count). The standard InChI is InChI=1S/C27H51N7/c1-9-13-17-33(16-12-4)24-29-23(28-22-20-26(5,6)32-27(7,8)21-22)30-25(31-24)34(18-14-10-2)19-15-11-3/h14,18,22,32H,9-13,15-17,19-21H2,1-8H3,(H,28,29,30,31)/b18-14+. The summed E-state index contributed by atoms with van der Waals surface area (Å²) in [5.41, 5.74) is 0.120. The number of piperidine rings is 1. The maximum atomic E-state index is 4.99. The molecule has 0 unspecified atom stereocenters. The quantitative estimate of drug-likeness (QED) is 0.336. The predicted octanol–water partition coefficient (Wildman–Crippen LogP) is 6.14. The Balaban J connectivity index is 2.44. The fraction of sp³-hybridized carbons (Fsp3) is 0.815. The molecule has 7 nitrogen and oxygen atoms in total. The number of allylic oxidation sites excluding steroid dienone is 1. The van der Waals surface area contributed by atoms with Crippen LogP contribution in [-0.4, -0.2) is 51.7 Å². The average molecular weight is 474 g/mol. The number of nitrogens with one attached hydrogen (secondary N) is 2. The molecule has 0 saturated carbocycles. The Morgan fingerprint density at radius 3 is 2.06 bits per heavy atom. The maximum Gasteiger partial charge on any atom is 0.236 e. The predicted molar refractivity (Wildman–Crippen MR) is 147 cm³/mol. The lowest BCUT2D eigenvalue weighted by molar-refractivity contribution is 0.170. The molecular weight excluding hydrogens is 422 g/mol. The van der Waals surface area contributed by atoms with Gasteiger partial charge in [0, 0.05) is 43.0 Å². The third kappa shape index (κ3) is 9.05. The van der Waals surface area contributed by atoms with E-state index in [-0.39, 0.29) is 11.1 Å². The minimum absolute atomic E-state index is 0.0600. The lowest BCUT2D eigenvalue weighted by Crippen LogP contribution is -2.60. The normalized spacial score (nSPS) is 17.8. The smallest absolute Gasteiger partial charge is 0.236 e. The Hall–Kier alpha value is -1.89. The molecule has 7 heteroatoms. The summed E-state index contributed by atoms with van der Waals surface area (Å²) >= 11 is 0. The summed E-state index contributed by atoms with van der Waals surface area (Å²) in [5.74, 6) is 2.24. The van der Waals surface area contributed by atoms with Gasteiger partial charge in [-0.1, -0.05) is 46.6 Å². The zero-order valence-corrected chi connectivity index (χ0v) is 23.2. The minimum Gasteiger partial charge on any atom is -0.351 e. The van der Waals surface area contributed by atoms with E-state index in [0.29, 0.717) is 12.0 Å². The van der Waals surface area contributed by atoms with Crippen LogP contribution in [-0.2, 0) is 0 Å². The molecule has 0 aliphatic carbocycles. The van der Waals surface area contributed by atoms with E-state index < -0.39 is 0 Å². The van der Waals surface area contributed by atoms with E-state index in [0.717, 1.165) is 82.9 Å². The SMILES string of the molecule is CC/C=C/N(CCCC)c1nc(NC2CC(C)(C)NC(C)(C)C2)nc(N(CCC)CCCC)n1. The van der Waals surface area contributed by atoms with Gasteiger partial charge in [0.05, 0.1) is 0 Å². The van der Waals surface area contributed by atoms with E-state index in [1.54, 1.807) is 0 Å². The molecule has 0 radical (unpaired) electrons. The number of aromatic nitrogens is 3. The zero-order valence-electron chi connectivity index (χ0n) is 23.2. The summed E-state index contributed by atoms with van der Waals surface area (Å²) < 4.78 is 0. The second kappa shape index (κ2) is 13.3. The van der Waals surface area contributed by atoms with Gasteiger partial charge in [-0.05, 0) is 66.2 Å². The second-order valence-corrected chi connectivity index (χ2v) is 11.1. The number of rotatable bonds is 14. The first-order chi connectivity index (χ1) is 16.1. The summed E-state index contributed by atoms with van der Waals surface area (Å²) in [5, 5.41) is 7.49. The van der Waals surface area contributed by atoms with Crippen LogP contribution in [0.15, 0.2) is 12.3 Å². The Morgan fingerprint density at radius 1 is 0.853 bits per heavy atom. The van der Waals surface area contributed by atoms with Gasteiger partial charge < -0.3 is 20.4 Å². The molecule has 1 aromatic rings. The molecule has 1 aliphatic rings. The first kappa shape index (κ1) is 28.3. The van der Waals surface area contributed by atoms with Crippen molar-refractivity contribution in [2.75, 3.05) is 34.8 Å². The summed E-state index contributed by atoms with van der Waals surface area (Å²) in [6, 6.07) is 0.305. The van der Waals surface area contributed by atoms with E-state index in [2.05, 4.69) is 88.1 Å². The van der Waals surface area contributed by atoms with Crippen LogP contribution in [0.5, 0.6) is 0 Å². The lowest BCUT2D eigenvalue weighted by atomic mass is 9.80. The Labute approximate surface area is 209 Å². The summed E-state index contributed by atoms with van der Waals surface area (Å²) in [7, 11) is 0. The van der Waals surface area contributed by atoms with Crippen molar-refractivity contribution < 1.29 is 0 Å². The minimum atomic E-state index is 0.0600. The van der Waals surface area contributed by atoms with Crippen LogP contribution < -0.4 is 20.4 Å². The van der Waals surface area contributed by atoms with Gasteiger partial charge in [-0.3, -0.25) is 0 Å². The third-order valence-electron chi connectivity index (χ3n) is 6.22. The average Bonchev–Trinajstić information content (AvgIpc) is 2.74. The molecule has 34 heavy (non-hydrogen) atoms. The van der Waals surface area contributed by atoms with Gasteiger partial charge in [-0.2, -0.15) is 15.0 Å². The van der Waals surface area contributed by atoms with Gasteiger partial charge in [0.15, 0.2) is 0 Å². The molecular formula is C27H51N7. The van der Waals surface area contributed by atoms with E-state index in [9.17, 15) is 0 Å². The van der Waals surface area contributed by atoms with Gasteiger partial charge in [-0.25, -0.2) is 0 Å². The van der Waals surface area contributed by atoms with Crippen molar-refractivity contribution in [3.8, 4) is 0 Å². The fourth-order valence-corrected chi connectivity index (χ4v) is 5.03. The van der Waals surface area contributed by atoms with Crippen molar-refractivity contribution in [3.05, 3.63) is 12.3 Å². The van der Waals surface area contributed by atoms with E-state index in [1.807, 2.05) is 0 Å². The Kier molecular flexibility index (Phi) is 11.1. The topological polar surface area (TPSA) is 69.2 Å². The van der Waals surface area contributed by atoms with E-state index in [1.165, 1.54) is 0 Å². The van der Waals surface area contributed by atoms with Crippen LogP contribution >= 0.6 is 0 Å². The Morgan fingerprint density at radius 2 is 1.47 bits per heavy atom. The molecule has 0 aromatic carbocycles. The van der Waals surface area contributed by atoms with E-state index >= 15 is 0 Å². The largest absolute Gasteiger partial charge is 0.351 e. The molecule has 1 fully saturated rings. The molecule has 1 saturated heterocycles. The van der Waals surface area contributed by atoms with Crippen molar-refractivity contribution in [2.45, 2.75) is 124 Å². The summed E-state index contributed by atoms with van der Waals surface area (Å²) in [6.07, 6.45) is 13.0. The highest BCUT2D eigenvalue weighted by Gasteiger charge is 2.38. The highest BCUT2D eigenvalue weighted by atomic mass is 15.4. The number of nitrogens with zero attached hydrogens (tertiary/aromatic N) is 5. The van der Waals surface area contributed by atoms with Crippen LogP contribution in [0.25, 0.3) is 0 Å². The number of unbranched alkanes of at least 4 members (excludes halogenated alkanes) is 2. The molecule has 0 bridgehead atoms. The van der Waals surface area contributed by atoms with Gasteiger partial charge in [-0.15, -0.1) is 0 Å². The third-order valence-corrected chi connectivity index (χ3v) is 6.22. The molecule has 0 atom stereocenters. The first-order valence-electron chi connectivity index (χ1n) is 13.6.